The molecule has 1 atom stereocenters. The molecule has 2 rings (SSSR count). The van der Waals surface area contributed by atoms with Crippen molar-refractivity contribution < 1.29 is 19.1 Å². The summed E-state index contributed by atoms with van der Waals surface area (Å²) < 4.78 is 11.1. The maximum absolute atomic E-state index is 12.8. The molecule has 1 saturated heterocycles. The van der Waals surface area contributed by atoms with Crippen molar-refractivity contribution in [2.45, 2.75) is 85.2 Å². The fraction of sp³-hybridized carbons (Fsp3) is 0.643. The molecular formula is C28H47N3O4. The number of nitrogens with zero attached hydrogens (tertiary/aromatic N) is 1. The average Bonchev–Trinajstić information content (AvgIpc) is 2.87. The van der Waals surface area contributed by atoms with Gasteiger partial charge in [0, 0.05) is 32.1 Å². The summed E-state index contributed by atoms with van der Waals surface area (Å²) in [6.07, 6.45) is 10.5. The highest BCUT2D eigenvalue weighted by Crippen LogP contribution is 2.29. The van der Waals surface area contributed by atoms with E-state index in [4.69, 9.17) is 9.47 Å². The van der Waals surface area contributed by atoms with Crippen LogP contribution in [0.2, 0.25) is 0 Å². The first-order valence-corrected chi connectivity index (χ1v) is 13.2. The quantitative estimate of drug-likeness (QED) is 0.292. The zero-order chi connectivity index (χ0) is 26.1. The van der Waals surface area contributed by atoms with E-state index >= 15 is 0 Å². The number of methoxy groups -OCH3 is 1. The van der Waals surface area contributed by atoms with Crippen LogP contribution in [0.4, 0.5) is 4.79 Å². The third-order valence-corrected chi connectivity index (χ3v) is 5.76. The second-order valence-corrected chi connectivity index (χ2v) is 8.95. The van der Waals surface area contributed by atoms with Crippen molar-refractivity contribution >= 4 is 12.0 Å². The van der Waals surface area contributed by atoms with Crippen LogP contribution in [0.5, 0.6) is 11.5 Å². The molecule has 1 aliphatic rings. The van der Waals surface area contributed by atoms with Gasteiger partial charge in [-0.1, -0.05) is 45.9 Å². The predicted octanol–water partition coefficient (Wildman–Crippen LogP) is 5.68. The smallest absolute Gasteiger partial charge is 0.415 e. The van der Waals surface area contributed by atoms with Gasteiger partial charge in [-0.25, -0.2) is 4.79 Å². The Hall–Kier alpha value is -2.54. The molecule has 1 aromatic rings. The Morgan fingerprint density at radius 1 is 1.17 bits per heavy atom. The van der Waals surface area contributed by atoms with Crippen molar-refractivity contribution in [3.63, 3.8) is 0 Å². The number of likely N-dealkylation sites (tertiary alicyclic amines) is 1. The van der Waals surface area contributed by atoms with Gasteiger partial charge in [-0.15, -0.1) is 0 Å². The summed E-state index contributed by atoms with van der Waals surface area (Å²) in [5, 5.41) is 6.11. The first-order chi connectivity index (χ1) is 16.9. The number of amides is 2. The molecule has 1 unspecified atom stereocenters. The Balaban J connectivity index is 0.00000298. The highest BCUT2D eigenvalue weighted by Gasteiger charge is 2.28. The molecule has 1 heterocycles. The Labute approximate surface area is 212 Å². The minimum atomic E-state index is -0.349. The lowest BCUT2D eigenvalue weighted by atomic mass is 10.0. The number of piperidine rings is 1. The van der Waals surface area contributed by atoms with Crippen molar-refractivity contribution in [1.29, 1.82) is 0 Å². The average molecular weight is 490 g/mol. The number of rotatable bonds is 12. The largest absolute Gasteiger partial charge is 0.493 e. The van der Waals surface area contributed by atoms with E-state index in [9.17, 15) is 9.59 Å². The van der Waals surface area contributed by atoms with Gasteiger partial charge in [-0.2, -0.15) is 0 Å². The maximum Gasteiger partial charge on any atom is 0.415 e. The molecule has 1 aromatic carbocycles. The summed E-state index contributed by atoms with van der Waals surface area (Å²) in [7, 11) is 3.44. The van der Waals surface area contributed by atoms with E-state index in [1.54, 1.807) is 24.1 Å². The van der Waals surface area contributed by atoms with Crippen molar-refractivity contribution in [3.8, 4) is 11.5 Å². The van der Waals surface area contributed by atoms with Crippen molar-refractivity contribution in [1.82, 2.24) is 15.5 Å². The number of ether oxygens (including phenoxy) is 2. The molecule has 1 fully saturated rings. The van der Waals surface area contributed by atoms with E-state index in [1.165, 1.54) is 0 Å². The van der Waals surface area contributed by atoms with Gasteiger partial charge in [-0.05, 0) is 69.2 Å². The molecule has 0 bridgehead atoms. The molecule has 2 amide bonds. The van der Waals surface area contributed by atoms with Crippen molar-refractivity contribution in [2.24, 2.45) is 5.92 Å². The fourth-order valence-corrected chi connectivity index (χ4v) is 3.95. The summed E-state index contributed by atoms with van der Waals surface area (Å²) in [5.74, 6) is 1.48. The second-order valence-electron chi connectivity index (χ2n) is 8.95. The van der Waals surface area contributed by atoms with E-state index in [2.05, 4.69) is 36.6 Å². The van der Waals surface area contributed by atoms with Crippen molar-refractivity contribution in [2.75, 3.05) is 27.2 Å². The Bertz CT molecular complexity index is 777. The number of allylic oxidation sites excluding steroid dienone is 2. The van der Waals surface area contributed by atoms with Gasteiger partial charge in [0.15, 0.2) is 11.5 Å². The number of likely N-dealkylation sites (N-methyl/N-ethyl adjacent to an activating group) is 1. The van der Waals surface area contributed by atoms with Crippen LogP contribution in [-0.2, 0) is 11.3 Å². The molecule has 7 heteroatoms. The monoisotopic (exact) mass is 489 g/mol. The van der Waals surface area contributed by atoms with Crippen LogP contribution in [0.25, 0.3) is 0 Å². The molecule has 7 nitrogen and oxygen atoms in total. The highest BCUT2D eigenvalue weighted by atomic mass is 16.6. The molecule has 0 aromatic heterocycles. The number of nitrogens with one attached hydrogen (secondary N) is 2. The van der Waals surface area contributed by atoms with Crippen LogP contribution in [0.3, 0.4) is 0 Å². The van der Waals surface area contributed by atoms with Crippen molar-refractivity contribution in [3.05, 3.63) is 35.9 Å². The summed E-state index contributed by atoms with van der Waals surface area (Å²) in [6, 6.07) is 5.53. The van der Waals surface area contributed by atoms with Gasteiger partial charge in [0.05, 0.1) is 7.11 Å². The number of hydrogen-bond donors (Lipinski definition) is 2. The number of unbranched alkanes of at least 4 members (excludes halogenated alkanes) is 2. The van der Waals surface area contributed by atoms with Crippen LogP contribution in [-0.4, -0.2) is 50.2 Å². The molecule has 0 aliphatic carbocycles. The number of carbonyl (C=O) groups excluding carboxylic acids is 2. The summed E-state index contributed by atoms with van der Waals surface area (Å²) in [4.78, 5) is 26.7. The van der Waals surface area contributed by atoms with Crippen LogP contribution >= 0.6 is 0 Å². The Morgan fingerprint density at radius 3 is 2.63 bits per heavy atom. The van der Waals surface area contributed by atoms with Gasteiger partial charge in [0.2, 0.25) is 5.91 Å². The zero-order valence-electron chi connectivity index (χ0n) is 22.7. The minimum Gasteiger partial charge on any atom is -0.493 e. The molecule has 0 saturated carbocycles. The molecular weight excluding hydrogens is 442 g/mol. The van der Waals surface area contributed by atoms with Crippen LogP contribution in [0.1, 0.15) is 78.2 Å². The summed E-state index contributed by atoms with van der Waals surface area (Å²) in [6.45, 7) is 10.2. The first kappa shape index (κ1) is 30.5. The minimum absolute atomic E-state index is 0.0398. The molecule has 2 N–H and O–H groups in total. The molecule has 1 aliphatic heterocycles. The van der Waals surface area contributed by atoms with Crippen LogP contribution in [0.15, 0.2) is 30.4 Å². The lowest BCUT2D eigenvalue weighted by Crippen LogP contribution is -2.49. The predicted molar refractivity (Wildman–Crippen MR) is 143 cm³/mol. The summed E-state index contributed by atoms with van der Waals surface area (Å²) in [5.41, 5.74) is 0.894. The number of carbonyl (C=O) groups is 2. The fourth-order valence-electron chi connectivity index (χ4n) is 3.95. The van der Waals surface area contributed by atoms with Gasteiger partial charge >= 0.3 is 6.09 Å². The first-order valence-electron chi connectivity index (χ1n) is 13.2. The van der Waals surface area contributed by atoms with Gasteiger partial charge < -0.3 is 25.0 Å². The molecule has 0 spiro atoms. The summed E-state index contributed by atoms with van der Waals surface area (Å²) >= 11 is 0. The normalized spacial score (nSPS) is 15.5. The van der Waals surface area contributed by atoms with Crippen LogP contribution in [0, 0.1) is 5.92 Å². The topological polar surface area (TPSA) is 79.9 Å². The van der Waals surface area contributed by atoms with Crippen LogP contribution < -0.4 is 20.1 Å². The molecule has 35 heavy (non-hydrogen) atoms. The Kier molecular flexibility index (Phi) is 15.5. The van der Waals surface area contributed by atoms with E-state index in [1.807, 2.05) is 27.0 Å². The van der Waals surface area contributed by atoms with Gasteiger partial charge in [0.1, 0.15) is 0 Å². The maximum atomic E-state index is 12.8. The molecule has 0 radical (unpaired) electrons. The van der Waals surface area contributed by atoms with E-state index < -0.39 is 0 Å². The Morgan fingerprint density at radius 2 is 1.94 bits per heavy atom. The third kappa shape index (κ3) is 11.6. The number of benzene rings is 1. The van der Waals surface area contributed by atoms with E-state index in [0.29, 0.717) is 36.9 Å². The van der Waals surface area contributed by atoms with E-state index in [-0.39, 0.29) is 18.0 Å². The highest BCUT2D eigenvalue weighted by molar-refractivity contribution is 5.76. The van der Waals surface area contributed by atoms with Gasteiger partial charge in [0.25, 0.3) is 0 Å². The zero-order valence-corrected chi connectivity index (χ0v) is 22.7. The molecule has 198 valence electrons. The lowest BCUT2D eigenvalue weighted by molar-refractivity contribution is -0.121. The number of hydrogen-bond acceptors (Lipinski definition) is 5. The SMILES string of the molecule is CC.CNCC1CCCCN1C(=O)Oc1ccc(CNC(=O)CCCC/C=C/C(C)C)cc1OC. The second kappa shape index (κ2) is 17.8. The van der Waals surface area contributed by atoms with E-state index in [0.717, 1.165) is 50.6 Å². The lowest BCUT2D eigenvalue weighted by Gasteiger charge is -2.34. The standard InChI is InChI=1S/C26H41N3O4.C2H6/c1-20(2)11-7-5-6-8-13-25(30)28-18-21-14-15-23(24(17-21)32-4)33-26(31)29-16-10-9-12-22(29)19-27-3;1-2/h7,11,14-15,17,20,22,27H,5-6,8-10,12-13,16,18-19H2,1-4H3,(H,28,30);1-2H3/b11-7+;. The third-order valence-electron chi connectivity index (χ3n) is 5.76. The van der Waals surface area contributed by atoms with Gasteiger partial charge in [-0.3, -0.25) is 4.79 Å².